The normalized spacial score (nSPS) is 16.0. The van der Waals surface area contributed by atoms with Crippen LogP contribution in [0.2, 0.25) is 0 Å². The lowest BCUT2D eigenvalue weighted by atomic mass is 10.1. The van der Waals surface area contributed by atoms with Crippen molar-refractivity contribution in [2.45, 2.75) is 0 Å². The molecule has 0 spiro atoms. The molecule has 0 unspecified atom stereocenters. The van der Waals surface area contributed by atoms with Crippen LogP contribution in [0.1, 0.15) is 10.4 Å². The van der Waals surface area contributed by atoms with Gasteiger partial charge in [0.1, 0.15) is 0 Å². The molecule has 1 aromatic rings. The summed E-state index contributed by atoms with van der Waals surface area (Å²) in [5.74, 6) is -1.30. The van der Waals surface area contributed by atoms with Gasteiger partial charge in [-0.3, -0.25) is 19.8 Å². The number of nitro groups is 1. The van der Waals surface area contributed by atoms with Crippen molar-refractivity contribution >= 4 is 11.6 Å². The molecule has 1 amide bonds. The van der Waals surface area contributed by atoms with Gasteiger partial charge < -0.3 is 10.0 Å². The second-order valence-corrected chi connectivity index (χ2v) is 4.78. The van der Waals surface area contributed by atoms with Crippen molar-refractivity contribution in [1.29, 1.82) is 0 Å². The highest BCUT2D eigenvalue weighted by molar-refractivity contribution is 5.95. The Morgan fingerprint density at radius 3 is 2.57 bits per heavy atom. The van der Waals surface area contributed by atoms with E-state index < -0.39 is 16.4 Å². The SMILES string of the molecule is O=C(c1ccc(F)c([N+](=O)[O-])c1)N1CCN(CCO)CC1. The maximum Gasteiger partial charge on any atom is 0.305 e. The summed E-state index contributed by atoms with van der Waals surface area (Å²) >= 11 is 0. The monoisotopic (exact) mass is 297 g/mol. The summed E-state index contributed by atoms with van der Waals surface area (Å²) in [5.41, 5.74) is -0.585. The molecule has 0 aromatic heterocycles. The highest BCUT2D eigenvalue weighted by Crippen LogP contribution is 2.20. The van der Waals surface area contributed by atoms with Crippen LogP contribution in [0, 0.1) is 15.9 Å². The number of β-amino-alcohol motifs (C(OH)–C–C–N with tert-alkyl or cyclic N) is 1. The minimum atomic E-state index is -0.954. The van der Waals surface area contributed by atoms with Crippen molar-refractivity contribution in [2.75, 3.05) is 39.3 Å². The average Bonchev–Trinajstić information content (AvgIpc) is 2.48. The number of hydrogen-bond acceptors (Lipinski definition) is 5. The number of hydrogen-bond donors (Lipinski definition) is 1. The van der Waals surface area contributed by atoms with Crippen LogP contribution in [0.4, 0.5) is 10.1 Å². The maximum absolute atomic E-state index is 13.3. The van der Waals surface area contributed by atoms with Crippen LogP contribution in [0.3, 0.4) is 0 Å². The van der Waals surface area contributed by atoms with E-state index in [0.717, 1.165) is 12.1 Å². The molecule has 1 aliphatic rings. The minimum absolute atomic E-state index is 0.0676. The van der Waals surface area contributed by atoms with Crippen LogP contribution in [0.15, 0.2) is 18.2 Å². The van der Waals surface area contributed by atoms with Gasteiger partial charge in [-0.25, -0.2) is 0 Å². The van der Waals surface area contributed by atoms with Crippen LogP contribution < -0.4 is 0 Å². The van der Waals surface area contributed by atoms with Gasteiger partial charge >= 0.3 is 5.69 Å². The molecule has 0 saturated carbocycles. The first-order valence-corrected chi connectivity index (χ1v) is 6.59. The Hall–Kier alpha value is -2.06. The van der Waals surface area contributed by atoms with Crippen molar-refractivity contribution < 1.29 is 19.2 Å². The Morgan fingerprint density at radius 1 is 1.33 bits per heavy atom. The number of benzene rings is 1. The molecular formula is C13H16FN3O4. The quantitative estimate of drug-likeness (QED) is 0.645. The van der Waals surface area contributed by atoms with E-state index in [4.69, 9.17) is 5.11 Å². The molecule has 1 aliphatic heterocycles. The van der Waals surface area contributed by atoms with Gasteiger partial charge in [0, 0.05) is 44.4 Å². The number of amides is 1. The Bertz CT molecular complexity index is 544. The molecule has 0 aliphatic carbocycles. The van der Waals surface area contributed by atoms with Gasteiger partial charge in [-0.1, -0.05) is 0 Å². The highest BCUT2D eigenvalue weighted by atomic mass is 19.1. The summed E-state index contributed by atoms with van der Waals surface area (Å²) in [4.78, 5) is 25.7. The van der Waals surface area contributed by atoms with Crippen LogP contribution in [0.25, 0.3) is 0 Å². The zero-order valence-electron chi connectivity index (χ0n) is 11.4. The molecular weight excluding hydrogens is 281 g/mol. The van der Waals surface area contributed by atoms with Gasteiger partial charge in [0.2, 0.25) is 5.82 Å². The molecule has 1 fully saturated rings. The molecule has 114 valence electrons. The Morgan fingerprint density at radius 2 is 2.00 bits per heavy atom. The Labute approximate surface area is 120 Å². The topological polar surface area (TPSA) is 86.9 Å². The summed E-state index contributed by atoms with van der Waals surface area (Å²) < 4.78 is 13.3. The van der Waals surface area contributed by atoms with E-state index in [1.165, 1.54) is 6.07 Å². The first-order valence-electron chi connectivity index (χ1n) is 6.59. The van der Waals surface area contributed by atoms with Gasteiger partial charge in [0.25, 0.3) is 5.91 Å². The fraction of sp³-hybridized carbons (Fsp3) is 0.462. The van der Waals surface area contributed by atoms with Crippen LogP contribution >= 0.6 is 0 Å². The van der Waals surface area contributed by atoms with Crippen molar-refractivity contribution in [3.8, 4) is 0 Å². The molecule has 0 bridgehead atoms. The molecule has 2 rings (SSSR count). The summed E-state index contributed by atoms with van der Waals surface area (Å²) in [5, 5.41) is 19.6. The molecule has 1 aromatic carbocycles. The highest BCUT2D eigenvalue weighted by Gasteiger charge is 2.24. The molecule has 1 N–H and O–H groups in total. The standard InChI is InChI=1S/C13H16FN3O4/c14-11-2-1-10(9-12(11)17(20)21)13(19)16-5-3-15(4-6-16)7-8-18/h1-2,9,18H,3-8H2. The van der Waals surface area contributed by atoms with Gasteiger partial charge in [-0.2, -0.15) is 4.39 Å². The molecule has 21 heavy (non-hydrogen) atoms. The van der Waals surface area contributed by atoms with Crippen molar-refractivity contribution in [1.82, 2.24) is 9.80 Å². The lowest BCUT2D eigenvalue weighted by Gasteiger charge is -2.34. The molecule has 8 heteroatoms. The maximum atomic E-state index is 13.3. The number of carbonyl (C=O) groups excluding carboxylic acids is 1. The van der Waals surface area contributed by atoms with Crippen molar-refractivity contribution in [2.24, 2.45) is 0 Å². The Balaban J connectivity index is 2.07. The lowest BCUT2D eigenvalue weighted by Crippen LogP contribution is -2.49. The van der Waals surface area contributed by atoms with Crippen LogP contribution in [0.5, 0.6) is 0 Å². The summed E-state index contributed by atoms with van der Waals surface area (Å²) in [7, 11) is 0. The fourth-order valence-electron chi connectivity index (χ4n) is 2.28. The second kappa shape index (κ2) is 6.59. The largest absolute Gasteiger partial charge is 0.395 e. The first-order chi connectivity index (χ1) is 10.0. The third kappa shape index (κ3) is 3.53. The van der Waals surface area contributed by atoms with E-state index >= 15 is 0 Å². The predicted molar refractivity (Wildman–Crippen MR) is 72.5 cm³/mol. The summed E-state index contributed by atoms with van der Waals surface area (Å²) in [6.07, 6.45) is 0. The zero-order chi connectivity index (χ0) is 15.4. The number of piperazine rings is 1. The molecule has 7 nitrogen and oxygen atoms in total. The van der Waals surface area contributed by atoms with E-state index in [-0.39, 0.29) is 18.1 Å². The van der Waals surface area contributed by atoms with E-state index in [1.54, 1.807) is 4.90 Å². The summed E-state index contributed by atoms with van der Waals surface area (Å²) in [6.45, 7) is 2.85. The lowest BCUT2D eigenvalue weighted by molar-refractivity contribution is -0.387. The molecule has 0 atom stereocenters. The van der Waals surface area contributed by atoms with E-state index in [9.17, 15) is 19.3 Å². The van der Waals surface area contributed by atoms with Gasteiger partial charge in [0.05, 0.1) is 11.5 Å². The third-order valence-electron chi connectivity index (χ3n) is 3.47. The second-order valence-electron chi connectivity index (χ2n) is 4.78. The van der Waals surface area contributed by atoms with Crippen molar-refractivity contribution in [3.63, 3.8) is 0 Å². The van der Waals surface area contributed by atoms with Crippen LogP contribution in [-0.4, -0.2) is 65.1 Å². The van der Waals surface area contributed by atoms with Gasteiger partial charge in [0.15, 0.2) is 0 Å². The Kier molecular flexibility index (Phi) is 4.81. The number of halogens is 1. The van der Waals surface area contributed by atoms with E-state index in [2.05, 4.69) is 0 Å². The van der Waals surface area contributed by atoms with Gasteiger partial charge in [-0.15, -0.1) is 0 Å². The summed E-state index contributed by atoms with van der Waals surface area (Å²) in [6, 6.07) is 3.16. The average molecular weight is 297 g/mol. The molecule has 1 heterocycles. The van der Waals surface area contributed by atoms with Crippen molar-refractivity contribution in [3.05, 3.63) is 39.7 Å². The number of nitro benzene ring substituents is 1. The predicted octanol–water partition coefficient (Wildman–Crippen LogP) is 0.484. The number of nitrogens with zero attached hydrogens (tertiary/aromatic N) is 3. The molecule has 0 radical (unpaired) electrons. The van der Waals surface area contributed by atoms with Gasteiger partial charge in [-0.05, 0) is 12.1 Å². The van der Waals surface area contributed by atoms with E-state index in [1.807, 2.05) is 4.90 Å². The fourth-order valence-corrected chi connectivity index (χ4v) is 2.28. The number of carbonyl (C=O) groups is 1. The van der Waals surface area contributed by atoms with E-state index in [0.29, 0.717) is 32.7 Å². The number of aliphatic hydroxyl groups is 1. The smallest absolute Gasteiger partial charge is 0.305 e. The minimum Gasteiger partial charge on any atom is -0.395 e. The number of aliphatic hydroxyl groups excluding tert-OH is 1. The first kappa shape index (κ1) is 15.3. The third-order valence-corrected chi connectivity index (χ3v) is 3.47. The number of rotatable bonds is 4. The molecule has 1 saturated heterocycles. The van der Waals surface area contributed by atoms with Crippen LogP contribution in [-0.2, 0) is 0 Å². The zero-order valence-corrected chi connectivity index (χ0v) is 11.4.